The Morgan fingerprint density at radius 1 is 1.10 bits per heavy atom. The molecule has 1 aliphatic carbocycles. The van der Waals surface area contributed by atoms with Crippen LogP contribution in [-0.4, -0.2) is 73.2 Å². The van der Waals surface area contributed by atoms with Gasteiger partial charge in [-0.05, 0) is 62.6 Å². The van der Waals surface area contributed by atoms with Gasteiger partial charge in [0.25, 0.3) is 5.91 Å². The maximum atomic E-state index is 13.7. The molecule has 2 aromatic rings. The Kier molecular flexibility index (Phi) is 9.83. The monoisotopic (exact) mass is 573 g/mol. The number of benzene rings is 2. The van der Waals surface area contributed by atoms with Crippen LogP contribution in [0.15, 0.2) is 64.5 Å². The van der Waals surface area contributed by atoms with Crippen LogP contribution in [0.1, 0.15) is 57.4 Å². The zero-order valence-corrected chi connectivity index (χ0v) is 23.7. The van der Waals surface area contributed by atoms with Crippen LogP contribution in [0.5, 0.6) is 5.75 Å². The Hall–Kier alpha value is -2.99. The van der Waals surface area contributed by atoms with E-state index in [0.717, 1.165) is 19.3 Å². The summed E-state index contributed by atoms with van der Waals surface area (Å²) >= 11 is 0. The molecule has 1 saturated carbocycles. The van der Waals surface area contributed by atoms with Gasteiger partial charge in [-0.25, -0.2) is 18.8 Å². The zero-order chi connectivity index (χ0) is 28.6. The number of amides is 1. The van der Waals surface area contributed by atoms with Crippen molar-refractivity contribution < 1.29 is 32.9 Å². The van der Waals surface area contributed by atoms with Crippen molar-refractivity contribution in [3.8, 4) is 5.75 Å². The van der Waals surface area contributed by atoms with E-state index < -0.39 is 33.0 Å². The minimum absolute atomic E-state index is 0.0406. The normalized spacial score (nSPS) is 22.3. The van der Waals surface area contributed by atoms with Gasteiger partial charge < -0.3 is 19.7 Å². The predicted molar refractivity (Wildman–Crippen MR) is 151 cm³/mol. The lowest BCUT2D eigenvalue weighted by Crippen LogP contribution is -2.57. The summed E-state index contributed by atoms with van der Waals surface area (Å²) in [7, 11) is -3.69. The molecular formula is C29H39N3O7S. The van der Waals surface area contributed by atoms with Crippen molar-refractivity contribution in [3.05, 3.63) is 60.2 Å². The molecule has 2 atom stereocenters. The fraction of sp³-hybridized carbons (Fsp3) is 0.517. The summed E-state index contributed by atoms with van der Waals surface area (Å²) < 4.78 is 37.9. The van der Waals surface area contributed by atoms with Gasteiger partial charge in [0.15, 0.2) is 15.4 Å². The Bertz CT molecular complexity index is 1260. The second-order valence-corrected chi connectivity index (χ2v) is 12.6. The lowest BCUT2D eigenvalue weighted by atomic mass is 9.85. The van der Waals surface area contributed by atoms with E-state index in [1.54, 1.807) is 49.4 Å². The average Bonchev–Trinajstić information content (AvgIpc) is 3.30. The quantitative estimate of drug-likeness (QED) is 0.211. The summed E-state index contributed by atoms with van der Waals surface area (Å²) in [6, 6.07) is 15.1. The van der Waals surface area contributed by atoms with Crippen LogP contribution >= 0.6 is 0 Å². The molecule has 11 heteroatoms. The van der Waals surface area contributed by atoms with Gasteiger partial charge in [0.05, 0.1) is 22.9 Å². The fourth-order valence-corrected chi connectivity index (χ4v) is 6.46. The molecule has 40 heavy (non-hydrogen) atoms. The number of carbonyl (C=O) groups is 1. The fourth-order valence-electron chi connectivity index (χ4n) is 5.07. The smallest absolute Gasteiger partial charge is 0.266 e. The molecule has 0 radical (unpaired) electrons. The third kappa shape index (κ3) is 7.20. The summed E-state index contributed by atoms with van der Waals surface area (Å²) in [6.45, 7) is 2.30. The maximum Gasteiger partial charge on any atom is 0.266 e. The molecule has 2 aromatic carbocycles. The second-order valence-electron chi connectivity index (χ2n) is 10.5. The van der Waals surface area contributed by atoms with Gasteiger partial charge in [-0.1, -0.05) is 37.5 Å². The molecule has 218 valence electrons. The van der Waals surface area contributed by atoms with Crippen LogP contribution in [0, 0.1) is 0 Å². The topological polar surface area (TPSA) is 147 Å². The van der Waals surface area contributed by atoms with E-state index in [1.165, 1.54) is 12.1 Å². The molecule has 2 aliphatic rings. The Balaban J connectivity index is 1.54. The highest BCUT2D eigenvalue weighted by Gasteiger charge is 2.51. The van der Waals surface area contributed by atoms with Gasteiger partial charge in [0.1, 0.15) is 11.9 Å². The summed E-state index contributed by atoms with van der Waals surface area (Å²) in [6.07, 6.45) is 3.90. The van der Waals surface area contributed by atoms with Gasteiger partial charge in [-0.3, -0.25) is 10.2 Å². The van der Waals surface area contributed by atoms with Crippen molar-refractivity contribution in [2.45, 2.75) is 74.0 Å². The van der Waals surface area contributed by atoms with Crippen LogP contribution in [-0.2, 0) is 19.4 Å². The second kappa shape index (κ2) is 13.1. The number of aliphatic hydroxyl groups excluding tert-OH is 1. The van der Waals surface area contributed by atoms with Crippen molar-refractivity contribution in [1.82, 2.24) is 10.9 Å². The number of hydrogen-bond donors (Lipinski definition) is 4. The Morgan fingerprint density at radius 3 is 2.48 bits per heavy atom. The number of nitrogens with one attached hydrogen (secondary N) is 2. The molecule has 1 amide bonds. The van der Waals surface area contributed by atoms with E-state index >= 15 is 0 Å². The van der Waals surface area contributed by atoms with Gasteiger partial charge in [0, 0.05) is 25.1 Å². The first-order valence-corrected chi connectivity index (χ1v) is 15.5. The van der Waals surface area contributed by atoms with Crippen LogP contribution < -0.4 is 15.6 Å². The number of nitrogens with zero attached hydrogens (tertiary/aromatic N) is 1. The average molecular weight is 574 g/mol. The first-order valence-electron chi connectivity index (χ1n) is 13.8. The highest BCUT2D eigenvalue weighted by Crippen LogP contribution is 2.34. The molecule has 0 bridgehead atoms. The third-order valence-corrected chi connectivity index (χ3v) is 9.32. The molecule has 4 N–H and O–H groups in total. The summed E-state index contributed by atoms with van der Waals surface area (Å²) in [5, 5.41) is 19.8. The zero-order valence-electron chi connectivity index (χ0n) is 22.8. The molecule has 1 aliphatic heterocycles. The highest BCUT2D eigenvalue weighted by molar-refractivity contribution is 7.91. The van der Waals surface area contributed by atoms with Gasteiger partial charge >= 0.3 is 0 Å². The molecule has 0 unspecified atom stereocenters. The third-order valence-electron chi connectivity index (χ3n) is 7.59. The first kappa shape index (κ1) is 30.0. The van der Waals surface area contributed by atoms with Crippen molar-refractivity contribution in [1.29, 1.82) is 0 Å². The number of rotatable bonds is 13. The van der Waals surface area contributed by atoms with Crippen molar-refractivity contribution in [3.63, 3.8) is 0 Å². The minimum Gasteiger partial charge on any atom is -0.494 e. The van der Waals surface area contributed by atoms with Crippen LogP contribution in [0.4, 0.5) is 0 Å². The SMILES string of the molecule is C[C@@H]1OC(c2ccc(OCCCO)cc2)=N[C@]1(CCS(=O)(=O)c1ccccc1)C(=O)NNCC1(O)CCCCC1. The van der Waals surface area contributed by atoms with E-state index in [2.05, 4.69) is 10.9 Å². The summed E-state index contributed by atoms with van der Waals surface area (Å²) in [5.74, 6) is 0.0112. The maximum absolute atomic E-state index is 13.7. The number of ether oxygens (including phenoxy) is 2. The van der Waals surface area contributed by atoms with Crippen LogP contribution in [0.3, 0.4) is 0 Å². The molecule has 4 rings (SSSR count). The van der Waals surface area contributed by atoms with E-state index in [-0.39, 0.29) is 36.1 Å². The number of carbonyl (C=O) groups excluding carboxylic acids is 1. The van der Waals surface area contributed by atoms with Crippen molar-refractivity contribution in [2.24, 2.45) is 4.99 Å². The predicted octanol–water partition coefficient (Wildman–Crippen LogP) is 2.53. The van der Waals surface area contributed by atoms with E-state index in [1.807, 2.05) is 0 Å². The highest BCUT2D eigenvalue weighted by atomic mass is 32.2. The summed E-state index contributed by atoms with van der Waals surface area (Å²) in [4.78, 5) is 18.6. The molecular weight excluding hydrogens is 534 g/mol. The van der Waals surface area contributed by atoms with E-state index in [0.29, 0.717) is 37.2 Å². The molecule has 0 spiro atoms. The minimum atomic E-state index is -3.69. The molecule has 10 nitrogen and oxygen atoms in total. The van der Waals surface area contributed by atoms with Gasteiger partial charge in [-0.15, -0.1) is 0 Å². The van der Waals surface area contributed by atoms with Crippen molar-refractivity contribution >= 4 is 21.6 Å². The van der Waals surface area contributed by atoms with Crippen LogP contribution in [0.25, 0.3) is 0 Å². The number of aliphatic imine (C=N–C) groups is 1. The number of sulfone groups is 1. The van der Waals surface area contributed by atoms with E-state index in [9.17, 15) is 18.3 Å². The van der Waals surface area contributed by atoms with Crippen LogP contribution in [0.2, 0.25) is 0 Å². The standard InChI is InChI=1S/C29H39N3O7S/c1-22-29(17-20-40(36,37)25-9-4-2-5-10-25,27(34)32-30-21-28(35)15-6-3-7-16-28)31-26(39-22)23-11-13-24(14-12-23)38-19-8-18-33/h2,4-5,9-14,22,30,33,35H,3,6-8,15-21H2,1H3,(H,32,34)/t22-,29-/m0/s1. The van der Waals surface area contributed by atoms with Gasteiger partial charge in [0.2, 0.25) is 5.90 Å². The molecule has 1 fully saturated rings. The molecule has 1 heterocycles. The van der Waals surface area contributed by atoms with E-state index in [4.69, 9.17) is 19.6 Å². The van der Waals surface area contributed by atoms with Gasteiger partial charge in [-0.2, -0.15) is 0 Å². The number of aliphatic hydroxyl groups is 2. The number of hydrazine groups is 1. The number of hydrogen-bond acceptors (Lipinski definition) is 9. The molecule has 0 aromatic heterocycles. The first-order chi connectivity index (χ1) is 19.2. The Labute approximate surface area is 235 Å². The summed E-state index contributed by atoms with van der Waals surface area (Å²) in [5.41, 5.74) is 3.76. The Morgan fingerprint density at radius 2 is 1.80 bits per heavy atom. The molecule has 0 saturated heterocycles. The largest absolute Gasteiger partial charge is 0.494 e. The lowest BCUT2D eigenvalue weighted by Gasteiger charge is -2.33. The lowest BCUT2D eigenvalue weighted by molar-refractivity contribution is -0.130. The van der Waals surface area contributed by atoms with Crippen molar-refractivity contribution in [2.75, 3.05) is 25.5 Å².